The highest BCUT2D eigenvalue weighted by Gasteiger charge is 2.31. The van der Waals surface area contributed by atoms with E-state index in [4.69, 9.17) is 14.0 Å². The van der Waals surface area contributed by atoms with E-state index < -0.39 is 5.60 Å². The first-order valence-corrected chi connectivity index (χ1v) is 7.15. The summed E-state index contributed by atoms with van der Waals surface area (Å²) in [6.07, 6.45) is 3.25. The van der Waals surface area contributed by atoms with Gasteiger partial charge in [0.05, 0.1) is 0 Å². The first-order chi connectivity index (χ1) is 11.1. The molecule has 1 aliphatic rings. The number of aromatic nitrogens is 2. The van der Waals surface area contributed by atoms with Crippen LogP contribution in [0.25, 0.3) is 11.3 Å². The highest BCUT2D eigenvalue weighted by atomic mass is 16.7. The Morgan fingerprint density at radius 2 is 2.00 bits per heavy atom. The second-order valence-electron chi connectivity index (χ2n) is 5.46. The van der Waals surface area contributed by atoms with Crippen molar-refractivity contribution in [3.05, 3.63) is 60.1 Å². The SMILES string of the molecule is CC(O)(c1cccnc1)c1cc(-c2ccc3c(c2)OCO3)no1. The van der Waals surface area contributed by atoms with Crippen LogP contribution in [-0.2, 0) is 5.60 Å². The van der Waals surface area contributed by atoms with Gasteiger partial charge >= 0.3 is 0 Å². The summed E-state index contributed by atoms with van der Waals surface area (Å²) in [6.45, 7) is 1.87. The zero-order chi connectivity index (χ0) is 15.9. The van der Waals surface area contributed by atoms with Crippen molar-refractivity contribution in [1.82, 2.24) is 10.1 Å². The molecule has 0 spiro atoms. The zero-order valence-corrected chi connectivity index (χ0v) is 12.4. The van der Waals surface area contributed by atoms with E-state index in [2.05, 4.69) is 10.1 Å². The molecule has 23 heavy (non-hydrogen) atoms. The van der Waals surface area contributed by atoms with E-state index in [1.807, 2.05) is 18.2 Å². The lowest BCUT2D eigenvalue weighted by Crippen LogP contribution is -2.22. The molecule has 0 saturated heterocycles. The van der Waals surface area contributed by atoms with Crippen LogP contribution in [-0.4, -0.2) is 22.0 Å². The summed E-state index contributed by atoms with van der Waals surface area (Å²) in [5.41, 5.74) is 0.762. The van der Waals surface area contributed by atoms with Gasteiger partial charge in [0, 0.05) is 29.6 Å². The second kappa shape index (κ2) is 5.10. The van der Waals surface area contributed by atoms with E-state index in [-0.39, 0.29) is 6.79 Å². The van der Waals surface area contributed by atoms with E-state index in [0.29, 0.717) is 28.5 Å². The molecular formula is C17H14N2O4. The molecule has 1 aliphatic heterocycles. The molecule has 2 aromatic heterocycles. The van der Waals surface area contributed by atoms with Crippen molar-refractivity contribution >= 4 is 0 Å². The molecule has 3 aromatic rings. The highest BCUT2D eigenvalue weighted by Crippen LogP contribution is 2.37. The predicted octanol–water partition coefficient (Wildman–Crippen LogP) is 2.72. The number of fused-ring (bicyclic) bond motifs is 1. The number of hydrogen-bond acceptors (Lipinski definition) is 6. The fourth-order valence-corrected chi connectivity index (χ4v) is 2.49. The molecule has 0 amide bonds. The summed E-state index contributed by atoms with van der Waals surface area (Å²) < 4.78 is 16.0. The van der Waals surface area contributed by atoms with Crippen molar-refractivity contribution in [3.63, 3.8) is 0 Å². The predicted molar refractivity (Wildman–Crippen MR) is 81.0 cm³/mol. The summed E-state index contributed by atoms with van der Waals surface area (Å²) in [5.74, 6) is 1.73. The first kappa shape index (κ1) is 13.8. The molecule has 116 valence electrons. The van der Waals surface area contributed by atoms with Crippen molar-refractivity contribution in [3.8, 4) is 22.8 Å². The van der Waals surface area contributed by atoms with Gasteiger partial charge in [0.1, 0.15) is 11.3 Å². The molecule has 4 rings (SSSR count). The largest absolute Gasteiger partial charge is 0.454 e. The number of nitrogens with zero attached hydrogens (tertiary/aromatic N) is 2. The van der Waals surface area contributed by atoms with Crippen molar-refractivity contribution < 1.29 is 19.1 Å². The summed E-state index contributed by atoms with van der Waals surface area (Å²) in [4.78, 5) is 4.03. The average Bonchev–Trinajstić information content (AvgIpc) is 3.24. The Balaban J connectivity index is 1.69. The second-order valence-corrected chi connectivity index (χ2v) is 5.46. The molecule has 0 aliphatic carbocycles. The third-order valence-corrected chi connectivity index (χ3v) is 3.88. The Labute approximate surface area is 132 Å². The summed E-state index contributed by atoms with van der Waals surface area (Å²) >= 11 is 0. The molecule has 6 nitrogen and oxygen atoms in total. The van der Waals surface area contributed by atoms with Crippen LogP contribution in [0.3, 0.4) is 0 Å². The van der Waals surface area contributed by atoms with Gasteiger partial charge in [-0.2, -0.15) is 0 Å². The molecule has 1 unspecified atom stereocenters. The van der Waals surface area contributed by atoms with Crippen molar-refractivity contribution in [2.45, 2.75) is 12.5 Å². The number of pyridine rings is 1. The number of benzene rings is 1. The van der Waals surface area contributed by atoms with E-state index in [1.54, 1.807) is 37.5 Å². The van der Waals surface area contributed by atoms with Crippen LogP contribution in [0.2, 0.25) is 0 Å². The normalized spacial score (nSPS) is 15.4. The molecule has 0 radical (unpaired) electrons. The smallest absolute Gasteiger partial charge is 0.231 e. The molecule has 1 atom stereocenters. The standard InChI is InChI=1S/C17H14N2O4/c1-17(20,12-3-2-6-18-9-12)16-8-13(19-23-16)11-4-5-14-15(7-11)22-10-21-14/h2-9,20H,10H2,1H3. The monoisotopic (exact) mass is 310 g/mol. The Hall–Kier alpha value is -2.86. The zero-order valence-electron chi connectivity index (χ0n) is 12.4. The van der Waals surface area contributed by atoms with Crippen LogP contribution in [0.4, 0.5) is 0 Å². The lowest BCUT2D eigenvalue weighted by atomic mass is 9.94. The Morgan fingerprint density at radius 3 is 2.83 bits per heavy atom. The maximum atomic E-state index is 10.8. The fourth-order valence-electron chi connectivity index (χ4n) is 2.49. The lowest BCUT2D eigenvalue weighted by Gasteiger charge is -2.19. The van der Waals surface area contributed by atoms with Gasteiger partial charge in [0.2, 0.25) is 6.79 Å². The van der Waals surface area contributed by atoms with E-state index in [1.165, 1.54) is 0 Å². The number of aliphatic hydroxyl groups is 1. The van der Waals surface area contributed by atoms with Gasteiger partial charge in [-0.05, 0) is 31.2 Å². The minimum atomic E-state index is -1.31. The van der Waals surface area contributed by atoms with Crippen LogP contribution in [0.1, 0.15) is 18.2 Å². The molecule has 3 heterocycles. The fraction of sp³-hybridized carbons (Fsp3) is 0.176. The number of rotatable bonds is 3. The Kier molecular flexibility index (Phi) is 3.06. The summed E-state index contributed by atoms with van der Waals surface area (Å²) in [6, 6.07) is 10.8. The van der Waals surface area contributed by atoms with E-state index >= 15 is 0 Å². The maximum absolute atomic E-state index is 10.8. The lowest BCUT2D eigenvalue weighted by molar-refractivity contribution is 0.0691. The molecule has 0 fully saturated rings. The van der Waals surface area contributed by atoms with E-state index in [0.717, 1.165) is 5.56 Å². The molecule has 0 saturated carbocycles. The highest BCUT2D eigenvalue weighted by molar-refractivity contribution is 5.64. The first-order valence-electron chi connectivity index (χ1n) is 7.15. The molecular weight excluding hydrogens is 296 g/mol. The van der Waals surface area contributed by atoms with Gasteiger partial charge in [-0.15, -0.1) is 0 Å². The summed E-state index contributed by atoms with van der Waals surface area (Å²) in [7, 11) is 0. The topological polar surface area (TPSA) is 77.6 Å². The van der Waals surface area contributed by atoms with Gasteiger partial charge in [-0.25, -0.2) is 0 Å². The van der Waals surface area contributed by atoms with Crippen molar-refractivity contribution in [2.24, 2.45) is 0 Å². The van der Waals surface area contributed by atoms with Crippen molar-refractivity contribution in [1.29, 1.82) is 0 Å². The molecule has 1 aromatic carbocycles. The number of hydrogen-bond donors (Lipinski definition) is 1. The molecule has 0 bridgehead atoms. The quantitative estimate of drug-likeness (QED) is 0.801. The van der Waals surface area contributed by atoms with Crippen LogP contribution < -0.4 is 9.47 Å². The van der Waals surface area contributed by atoms with Gasteiger partial charge < -0.3 is 19.1 Å². The molecule has 6 heteroatoms. The van der Waals surface area contributed by atoms with Gasteiger partial charge in [-0.1, -0.05) is 11.2 Å². The van der Waals surface area contributed by atoms with Crippen LogP contribution in [0.5, 0.6) is 11.5 Å². The van der Waals surface area contributed by atoms with Crippen molar-refractivity contribution in [2.75, 3.05) is 6.79 Å². The maximum Gasteiger partial charge on any atom is 0.231 e. The number of ether oxygens (including phenoxy) is 2. The third kappa shape index (κ3) is 2.33. The van der Waals surface area contributed by atoms with Gasteiger partial charge in [0.25, 0.3) is 0 Å². The average molecular weight is 310 g/mol. The van der Waals surface area contributed by atoms with Gasteiger partial charge in [0.15, 0.2) is 17.3 Å². The summed E-state index contributed by atoms with van der Waals surface area (Å²) in [5, 5.41) is 14.8. The third-order valence-electron chi connectivity index (χ3n) is 3.88. The minimum Gasteiger partial charge on any atom is -0.454 e. The van der Waals surface area contributed by atoms with Crippen LogP contribution in [0.15, 0.2) is 53.3 Å². The van der Waals surface area contributed by atoms with Crippen LogP contribution >= 0.6 is 0 Å². The molecule has 1 N–H and O–H groups in total. The Morgan fingerprint density at radius 1 is 1.13 bits per heavy atom. The van der Waals surface area contributed by atoms with E-state index in [9.17, 15) is 5.11 Å². The minimum absolute atomic E-state index is 0.221. The Bertz CT molecular complexity index is 843. The van der Waals surface area contributed by atoms with Crippen LogP contribution in [0, 0.1) is 0 Å². The van der Waals surface area contributed by atoms with Gasteiger partial charge in [-0.3, -0.25) is 4.98 Å².